The number of nitrogens with zero attached hydrogens (tertiary/aromatic N) is 2. The van der Waals surface area contributed by atoms with Crippen LogP contribution in [-0.4, -0.2) is 16.5 Å². The summed E-state index contributed by atoms with van der Waals surface area (Å²) in [6.07, 6.45) is 4.92. The highest BCUT2D eigenvalue weighted by Gasteiger charge is 2.26. The number of halogens is 1. The minimum Gasteiger partial charge on any atom is -0.369 e. The van der Waals surface area contributed by atoms with E-state index in [9.17, 15) is 0 Å². The number of aromatic nitrogens is 2. The van der Waals surface area contributed by atoms with E-state index >= 15 is 0 Å². The summed E-state index contributed by atoms with van der Waals surface area (Å²) in [4.78, 5) is 9.46. The molecule has 4 heteroatoms. The van der Waals surface area contributed by atoms with Gasteiger partial charge in [0.1, 0.15) is 11.6 Å². The van der Waals surface area contributed by atoms with Gasteiger partial charge in [-0.3, -0.25) is 0 Å². The van der Waals surface area contributed by atoms with Crippen molar-refractivity contribution in [1.29, 1.82) is 0 Å². The zero-order chi connectivity index (χ0) is 13.1. The predicted molar refractivity (Wildman–Crippen MR) is 84.0 cm³/mol. The maximum absolute atomic E-state index is 4.76. The molecule has 0 bridgehead atoms. The topological polar surface area (TPSA) is 37.8 Å². The molecule has 18 heavy (non-hydrogen) atoms. The van der Waals surface area contributed by atoms with E-state index in [0.29, 0.717) is 5.92 Å². The number of rotatable bonds is 4. The molecule has 1 aromatic rings. The maximum atomic E-state index is 4.76. The maximum Gasteiger partial charge on any atom is 0.143 e. The van der Waals surface area contributed by atoms with Crippen molar-refractivity contribution in [3.8, 4) is 0 Å². The van der Waals surface area contributed by atoms with Gasteiger partial charge in [0.2, 0.25) is 0 Å². The van der Waals surface area contributed by atoms with Gasteiger partial charge in [-0.25, -0.2) is 9.97 Å². The first kappa shape index (κ1) is 14.0. The van der Waals surface area contributed by atoms with Crippen LogP contribution >= 0.6 is 22.6 Å². The molecule has 2 unspecified atom stereocenters. The van der Waals surface area contributed by atoms with Crippen LogP contribution in [0.2, 0.25) is 0 Å². The van der Waals surface area contributed by atoms with Crippen LogP contribution in [0.3, 0.4) is 0 Å². The van der Waals surface area contributed by atoms with Crippen molar-refractivity contribution >= 4 is 28.4 Å². The lowest BCUT2D eigenvalue weighted by molar-refractivity contribution is 0.584. The zero-order valence-corrected chi connectivity index (χ0v) is 13.6. The first-order valence-electron chi connectivity index (χ1n) is 6.89. The first-order chi connectivity index (χ1) is 8.61. The fraction of sp³-hybridized carbons (Fsp3) is 0.714. The van der Waals surface area contributed by atoms with E-state index in [4.69, 9.17) is 9.97 Å². The standard InChI is InChI=1S/C14H22IN3/c1-4-7-16-14-12(15)10(3)17-13(18-14)11-6-5-9(2)8-11/h9,11H,4-8H2,1-3H3,(H,16,17,18). The highest BCUT2D eigenvalue weighted by Crippen LogP contribution is 2.37. The van der Waals surface area contributed by atoms with Crippen LogP contribution in [0.1, 0.15) is 57.0 Å². The third-order valence-electron chi connectivity index (χ3n) is 3.64. The summed E-state index contributed by atoms with van der Waals surface area (Å²) in [5.41, 5.74) is 1.11. The Kier molecular flexibility index (Phi) is 4.81. The van der Waals surface area contributed by atoms with Crippen molar-refractivity contribution in [3.05, 3.63) is 15.1 Å². The van der Waals surface area contributed by atoms with Crippen molar-refractivity contribution in [2.45, 2.75) is 52.4 Å². The van der Waals surface area contributed by atoms with E-state index < -0.39 is 0 Å². The number of hydrogen-bond donors (Lipinski definition) is 1. The third-order valence-corrected chi connectivity index (χ3v) is 4.93. The van der Waals surface area contributed by atoms with Gasteiger partial charge in [0.25, 0.3) is 0 Å². The van der Waals surface area contributed by atoms with E-state index in [1.807, 2.05) is 0 Å². The Morgan fingerprint density at radius 2 is 2.11 bits per heavy atom. The van der Waals surface area contributed by atoms with Crippen LogP contribution in [0.4, 0.5) is 5.82 Å². The quantitative estimate of drug-likeness (QED) is 0.822. The van der Waals surface area contributed by atoms with Gasteiger partial charge in [-0.05, 0) is 61.1 Å². The largest absolute Gasteiger partial charge is 0.369 e. The van der Waals surface area contributed by atoms with Gasteiger partial charge in [-0.2, -0.15) is 0 Å². The van der Waals surface area contributed by atoms with E-state index in [1.54, 1.807) is 0 Å². The van der Waals surface area contributed by atoms with Gasteiger partial charge in [0.15, 0.2) is 0 Å². The molecule has 100 valence electrons. The molecule has 1 saturated carbocycles. The monoisotopic (exact) mass is 359 g/mol. The van der Waals surface area contributed by atoms with Gasteiger partial charge in [0.05, 0.1) is 9.26 Å². The van der Waals surface area contributed by atoms with Crippen LogP contribution < -0.4 is 5.32 Å². The van der Waals surface area contributed by atoms with Crippen molar-refractivity contribution in [1.82, 2.24) is 9.97 Å². The van der Waals surface area contributed by atoms with Crippen molar-refractivity contribution in [2.75, 3.05) is 11.9 Å². The van der Waals surface area contributed by atoms with Gasteiger partial charge in [-0.1, -0.05) is 13.8 Å². The number of anilines is 1. The molecule has 2 atom stereocenters. The van der Waals surface area contributed by atoms with E-state index in [0.717, 1.165) is 39.8 Å². The summed E-state index contributed by atoms with van der Waals surface area (Å²) in [6.45, 7) is 7.57. The van der Waals surface area contributed by atoms with Crippen molar-refractivity contribution in [3.63, 3.8) is 0 Å². The molecule has 2 rings (SSSR count). The molecule has 1 aliphatic rings. The molecule has 0 spiro atoms. The average molecular weight is 359 g/mol. The molecular formula is C14H22IN3. The Labute approximate surface area is 123 Å². The SMILES string of the molecule is CCCNc1nc(C2CCC(C)C2)nc(C)c1I. The Balaban J connectivity index is 2.23. The van der Waals surface area contributed by atoms with Crippen LogP contribution in [0.15, 0.2) is 0 Å². The molecular weight excluding hydrogens is 337 g/mol. The summed E-state index contributed by atoms with van der Waals surface area (Å²) in [7, 11) is 0. The lowest BCUT2D eigenvalue weighted by Crippen LogP contribution is -2.11. The van der Waals surface area contributed by atoms with E-state index in [1.165, 1.54) is 19.3 Å². The summed E-state index contributed by atoms with van der Waals surface area (Å²) < 4.78 is 1.16. The molecule has 0 saturated heterocycles. The average Bonchev–Trinajstić information content (AvgIpc) is 2.77. The second kappa shape index (κ2) is 6.17. The Morgan fingerprint density at radius 3 is 2.72 bits per heavy atom. The molecule has 1 fully saturated rings. The lowest BCUT2D eigenvalue weighted by atomic mass is 10.1. The van der Waals surface area contributed by atoms with E-state index in [-0.39, 0.29) is 0 Å². The zero-order valence-electron chi connectivity index (χ0n) is 11.5. The van der Waals surface area contributed by atoms with Gasteiger partial charge in [0, 0.05) is 12.5 Å². The summed E-state index contributed by atoms with van der Waals surface area (Å²) in [5.74, 6) is 3.47. The minimum absolute atomic E-state index is 0.567. The minimum atomic E-state index is 0.567. The van der Waals surface area contributed by atoms with Crippen molar-refractivity contribution in [2.24, 2.45) is 5.92 Å². The van der Waals surface area contributed by atoms with Crippen LogP contribution in [0, 0.1) is 16.4 Å². The highest BCUT2D eigenvalue weighted by molar-refractivity contribution is 14.1. The molecule has 1 heterocycles. The lowest BCUT2D eigenvalue weighted by Gasteiger charge is -2.14. The summed E-state index contributed by atoms with van der Waals surface area (Å²) >= 11 is 2.34. The fourth-order valence-electron chi connectivity index (χ4n) is 2.57. The first-order valence-corrected chi connectivity index (χ1v) is 7.97. The Hall–Kier alpha value is -0.390. The number of aryl methyl sites for hydroxylation is 1. The van der Waals surface area contributed by atoms with Crippen molar-refractivity contribution < 1.29 is 0 Å². The van der Waals surface area contributed by atoms with Gasteiger partial charge in [-0.15, -0.1) is 0 Å². The van der Waals surface area contributed by atoms with Crippen LogP contribution in [-0.2, 0) is 0 Å². The van der Waals surface area contributed by atoms with Crippen LogP contribution in [0.25, 0.3) is 0 Å². The molecule has 0 aromatic carbocycles. The number of hydrogen-bond acceptors (Lipinski definition) is 3. The van der Waals surface area contributed by atoms with Crippen LogP contribution in [0.5, 0.6) is 0 Å². The summed E-state index contributed by atoms with van der Waals surface area (Å²) in [6, 6.07) is 0. The fourth-order valence-corrected chi connectivity index (χ4v) is 3.00. The highest BCUT2D eigenvalue weighted by atomic mass is 127. The smallest absolute Gasteiger partial charge is 0.143 e. The molecule has 1 aromatic heterocycles. The summed E-state index contributed by atoms with van der Waals surface area (Å²) in [5, 5.41) is 3.42. The molecule has 0 radical (unpaired) electrons. The molecule has 0 amide bonds. The molecule has 1 aliphatic carbocycles. The number of nitrogens with one attached hydrogen (secondary N) is 1. The second-order valence-electron chi connectivity index (χ2n) is 5.37. The Bertz CT molecular complexity index is 420. The normalized spacial score (nSPS) is 23.3. The molecule has 3 nitrogen and oxygen atoms in total. The third kappa shape index (κ3) is 3.13. The second-order valence-corrected chi connectivity index (χ2v) is 6.45. The van der Waals surface area contributed by atoms with Gasteiger partial charge >= 0.3 is 0 Å². The molecule has 0 aliphatic heterocycles. The Morgan fingerprint density at radius 1 is 1.33 bits per heavy atom. The predicted octanol–water partition coefficient (Wildman–Crippen LogP) is 4.12. The van der Waals surface area contributed by atoms with E-state index in [2.05, 4.69) is 48.7 Å². The molecule has 1 N–H and O–H groups in total. The van der Waals surface area contributed by atoms with Gasteiger partial charge < -0.3 is 5.32 Å².